The highest BCUT2D eigenvalue weighted by atomic mass is 32.2. The van der Waals surface area contributed by atoms with Gasteiger partial charge in [-0.15, -0.1) is 11.3 Å². The van der Waals surface area contributed by atoms with Gasteiger partial charge in [-0.3, -0.25) is 19.7 Å². The van der Waals surface area contributed by atoms with Gasteiger partial charge in [-0.05, 0) is 37.4 Å². The number of nitro benzene ring substituents is 1. The topological polar surface area (TPSA) is 109 Å². The molecule has 0 saturated carbocycles. The van der Waals surface area contributed by atoms with E-state index in [1.54, 1.807) is 6.07 Å². The van der Waals surface area contributed by atoms with Crippen LogP contribution in [0.15, 0.2) is 46.8 Å². The lowest BCUT2D eigenvalue weighted by atomic mass is 10.2. The van der Waals surface area contributed by atoms with Crippen molar-refractivity contribution < 1.29 is 14.5 Å². The Hall–Kier alpha value is -3.02. The van der Waals surface area contributed by atoms with Crippen molar-refractivity contribution in [3.8, 4) is 0 Å². The number of hydrogen-bond donors (Lipinski definition) is 1. The molecular formula is C21H21N5O4S2. The molecule has 0 spiro atoms. The number of carbonyl (C=O) groups excluding carboxylic acids is 2. The summed E-state index contributed by atoms with van der Waals surface area (Å²) in [5, 5.41) is 13.6. The molecule has 0 atom stereocenters. The summed E-state index contributed by atoms with van der Waals surface area (Å²) in [6.07, 6.45) is 0. The summed E-state index contributed by atoms with van der Waals surface area (Å²) in [4.78, 5) is 43.8. The number of thiazole rings is 1. The van der Waals surface area contributed by atoms with E-state index in [0.717, 1.165) is 40.7 Å². The fourth-order valence-electron chi connectivity index (χ4n) is 3.25. The van der Waals surface area contributed by atoms with Gasteiger partial charge in [0.1, 0.15) is 0 Å². The fourth-order valence-corrected chi connectivity index (χ4v) is 5.26. The number of thioether (sulfide) groups is 1. The smallest absolute Gasteiger partial charge is 0.269 e. The minimum absolute atomic E-state index is 0.0660. The standard InChI is InChI=1S/C21H21N5O4S2/c1-24-8-10-25(11-9-24)19(27)13-31-21-23-17-7-4-15(12-18(17)32-21)22-20(28)14-2-5-16(6-3-14)26(29)30/h2-7,12H,8-11,13H2,1H3,(H,22,28). The van der Waals surface area contributed by atoms with E-state index in [2.05, 4.69) is 22.2 Å². The molecule has 1 aliphatic heterocycles. The summed E-state index contributed by atoms with van der Waals surface area (Å²) in [6.45, 7) is 3.30. The Kier molecular flexibility index (Phi) is 6.68. The summed E-state index contributed by atoms with van der Waals surface area (Å²) in [7, 11) is 2.06. The van der Waals surface area contributed by atoms with Gasteiger partial charge in [-0.1, -0.05) is 11.8 Å². The maximum Gasteiger partial charge on any atom is 0.269 e. The van der Waals surface area contributed by atoms with Crippen LogP contribution in [0.4, 0.5) is 11.4 Å². The van der Waals surface area contributed by atoms with E-state index >= 15 is 0 Å². The van der Waals surface area contributed by atoms with Gasteiger partial charge < -0.3 is 15.1 Å². The first-order valence-electron chi connectivity index (χ1n) is 9.94. The number of hydrogen-bond acceptors (Lipinski definition) is 8. The zero-order valence-corrected chi connectivity index (χ0v) is 18.9. The maximum absolute atomic E-state index is 12.4. The Bertz CT molecular complexity index is 1160. The average molecular weight is 472 g/mol. The number of amides is 2. The van der Waals surface area contributed by atoms with E-state index in [1.165, 1.54) is 47.4 Å². The highest BCUT2D eigenvalue weighted by molar-refractivity contribution is 8.01. The lowest BCUT2D eigenvalue weighted by Gasteiger charge is -2.32. The number of fused-ring (bicyclic) bond motifs is 1. The molecule has 1 saturated heterocycles. The van der Waals surface area contributed by atoms with E-state index in [9.17, 15) is 19.7 Å². The van der Waals surface area contributed by atoms with Crippen LogP contribution in [0, 0.1) is 10.1 Å². The molecular weight excluding hydrogens is 450 g/mol. The van der Waals surface area contributed by atoms with E-state index in [0.29, 0.717) is 17.0 Å². The molecule has 0 aliphatic carbocycles. The second-order valence-electron chi connectivity index (χ2n) is 7.39. The summed E-state index contributed by atoms with van der Waals surface area (Å²) < 4.78 is 1.71. The van der Waals surface area contributed by atoms with Crippen molar-refractivity contribution in [3.05, 3.63) is 58.1 Å². The Balaban J connectivity index is 1.37. The molecule has 1 aliphatic rings. The number of carbonyl (C=O) groups is 2. The number of likely N-dealkylation sites (N-methyl/N-ethyl adjacent to an activating group) is 1. The largest absolute Gasteiger partial charge is 0.339 e. The number of rotatable bonds is 6. The van der Waals surface area contributed by atoms with Gasteiger partial charge in [-0.2, -0.15) is 0 Å². The monoisotopic (exact) mass is 471 g/mol. The van der Waals surface area contributed by atoms with Crippen molar-refractivity contribution in [1.82, 2.24) is 14.8 Å². The van der Waals surface area contributed by atoms with E-state index in [-0.39, 0.29) is 17.5 Å². The fraction of sp³-hybridized carbons (Fsp3) is 0.286. The summed E-state index contributed by atoms with van der Waals surface area (Å²) >= 11 is 2.90. The molecule has 32 heavy (non-hydrogen) atoms. The third kappa shape index (κ3) is 5.23. The van der Waals surface area contributed by atoms with Gasteiger partial charge in [-0.25, -0.2) is 4.98 Å². The Morgan fingerprint density at radius 2 is 1.88 bits per heavy atom. The summed E-state index contributed by atoms with van der Waals surface area (Å²) in [5.41, 5.74) is 1.68. The molecule has 2 aromatic carbocycles. The van der Waals surface area contributed by atoms with E-state index in [1.807, 2.05) is 17.0 Å². The second-order valence-corrected chi connectivity index (χ2v) is 9.65. The minimum atomic E-state index is -0.506. The summed E-state index contributed by atoms with van der Waals surface area (Å²) in [6, 6.07) is 10.9. The van der Waals surface area contributed by atoms with Crippen LogP contribution in [0.1, 0.15) is 10.4 Å². The van der Waals surface area contributed by atoms with Crippen molar-refractivity contribution in [1.29, 1.82) is 0 Å². The van der Waals surface area contributed by atoms with E-state index in [4.69, 9.17) is 0 Å². The first kappa shape index (κ1) is 22.2. The molecule has 0 radical (unpaired) electrons. The van der Waals surface area contributed by atoms with E-state index < -0.39 is 4.92 Å². The SMILES string of the molecule is CN1CCN(C(=O)CSc2nc3ccc(NC(=O)c4ccc([N+](=O)[O-])cc4)cc3s2)CC1. The van der Waals surface area contributed by atoms with Crippen LogP contribution in [-0.2, 0) is 4.79 Å². The van der Waals surface area contributed by atoms with Crippen LogP contribution >= 0.6 is 23.1 Å². The molecule has 1 N–H and O–H groups in total. The van der Waals surface area contributed by atoms with Crippen molar-refractivity contribution in [3.63, 3.8) is 0 Å². The molecule has 9 nitrogen and oxygen atoms in total. The summed E-state index contributed by atoms with van der Waals surface area (Å²) in [5.74, 6) is 0.127. The van der Waals surface area contributed by atoms with Crippen LogP contribution in [0.25, 0.3) is 10.2 Å². The number of nitrogens with zero attached hydrogens (tertiary/aromatic N) is 4. The van der Waals surface area contributed by atoms with Crippen LogP contribution < -0.4 is 5.32 Å². The number of anilines is 1. The Labute approximate surface area is 192 Å². The number of nitrogens with one attached hydrogen (secondary N) is 1. The number of piperazine rings is 1. The van der Waals surface area contributed by atoms with Crippen LogP contribution in [-0.4, -0.2) is 70.5 Å². The Morgan fingerprint density at radius 1 is 1.16 bits per heavy atom. The number of aromatic nitrogens is 1. The molecule has 3 aromatic rings. The molecule has 11 heteroatoms. The van der Waals surface area contributed by atoms with Crippen LogP contribution in [0.2, 0.25) is 0 Å². The second kappa shape index (κ2) is 9.63. The van der Waals surface area contributed by atoms with Gasteiger partial charge in [0.05, 0.1) is 20.9 Å². The molecule has 2 amide bonds. The minimum Gasteiger partial charge on any atom is -0.339 e. The lowest BCUT2D eigenvalue weighted by Crippen LogP contribution is -2.47. The normalized spacial score (nSPS) is 14.5. The van der Waals surface area contributed by atoms with Crippen LogP contribution in [0.3, 0.4) is 0 Å². The molecule has 2 heterocycles. The quantitative estimate of drug-likeness (QED) is 0.334. The van der Waals surface area contributed by atoms with Gasteiger partial charge >= 0.3 is 0 Å². The first-order valence-corrected chi connectivity index (χ1v) is 11.7. The average Bonchev–Trinajstić information content (AvgIpc) is 3.20. The van der Waals surface area contributed by atoms with Crippen molar-refractivity contribution in [2.45, 2.75) is 4.34 Å². The van der Waals surface area contributed by atoms with Crippen LogP contribution in [0.5, 0.6) is 0 Å². The van der Waals surface area contributed by atoms with Gasteiger partial charge in [0.15, 0.2) is 4.34 Å². The highest BCUT2D eigenvalue weighted by Gasteiger charge is 2.19. The molecule has 1 fully saturated rings. The number of nitro groups is 1. The zero-order chi connectivity index (χ0) is 22.7. The van der Waals surface area contributed by atoms with Crippen molar-refractivity contribution in [2.24, 2.45) is 0 Å². The van der Waals surface area contributed by atoms with Crippen molar-refractivity contribution in [2.75, 3.05) is 44.3 Å². The molecule has 4 rings (SSSR count). The van der Waals surface area contributed by atoms with Gasteiger partial charge in [0.25, 0.3) is 11.6 Å². The van der Waals surface area contributed by atoms with Gasteiger partial charge in [0, 0.05) is 49.6 Å². The van der Waals surface area contributed by atoms with Gasteiger partial charge in [0.2, 0.25) is 5.91 Å². The molecule has 0 unspecified atom stereocenters. The Morgan fingerprint density at radius 3 is 2.56 bits per heavy atom. The lowest BCUT2D eigenvalue weighted by molar-refractivity contribution is -0.384. The zero-order valence-electron chi connectivity index (χ0n) is 17.3. The maximum atomic E-state index is 12.4. The van der Waals surface area contributed by atoms with Crippen molar-refractivity contribution >= 4 is 56.5 Å². The molecule has 166 valence electrons. The number of benzene rings is 2. The number of non-ortho nitro benzene ring substituents is 1. The molecule has 1 aromatic heterocycles. The molecule has 0 bridgehead atoms. The highest BCUT2D eigenvalue weighted by Crippen LogP contribution is 2.31. The predicted molar refractivity (Wildman–Crippen MR) is 125 cm³/mol. The third-order valence-corrected chi connectivity index (χ3v) is 7.29. The predicted octanol–water partition coefficient (Wildman–Crippen LogP) is 3.32. The third-order valence-electron chi connectivity index (χ3n) is 5.14. The first-order chi connectivity index (χ1) is 15.4.